The molecular weight excluding hydrogens is 325 g/mol. The van der Waals surface area contributed by atoms with Crippen LogP contribution in [0.5, 0.6) is 0 Å². The maximum absolute atomic E-state index is 12.7. The summed E-state index contributed by atoms with van der Waals surface area (Å²) in [4.78, 5) is 11.9. The molecule has 1 aliphatic rings. The lowest BCUT2D eigenvalue weighted by molar-refractivity contribution is -0.138. The molecule has 3 nitrogen and oxygen atoms in total. The third-order valence-electron chi connectivity index (χ3n) is 3.26. The highest BCUT2D eigenvalue weighted by Crippen LogP contribution is 2.45. The number of carbonyl (C=O) groups is 1. The Morgan fingerprint density at radius 2 is 2.05 bits per heavy atom. The predicted molar refractivity (Wildman–Crippen MR) is 68.5 cm³/mol. The number of hydrogen-bond acceptors (Lipinski definition) is 2. The largest absolute Gasteiger partial charge is 0.417 e. The maximum atomic E-state index is 12.7. The first kappa shape index (κ1) is 14.3. The molecule has 1 aromatic rings. The van der Waals surface area contributed by atoms with E-state index in [0.717, 1.165) is 6.07 Å². The van der Waals surface area contributed by atoms with Crippen LogP contribution >= 0.6 is 15.9 Å². The molecular formula is C12H12BrF3N2O. The van der Waals surface area contributed by atoms with Gasteiger partial charge in [-0.3, -0.25) is 4.79 Å². The van der Waals surface area contributed by atoms with Gasteiger partial charge in [0.15, 0.2) is 0 Å². The quantitative estimate of drug-likeness (QED) is 0.890. The summed E-state index contributed by atoms with van der Waals surface area (Å²) in [6.07, 6.45) is -3.11. The number of nitrogens with two attached hydrogens (primary N) is 1. The molecule has 19 heavy (non-hydrogen) atoms. The molecule has 0 aliphatic heterocycles. The average Bonchev–Trinajstić information content (AvgIpc) is 3.11. The minimum absolute atomic E-state index is 0.0574. The normalized spacial score (nSPS) is 17.1. The third-order valence-corrected chi connectivity index (χ3v) is 3.95. The van der Waals surface area contributed by atoms with Gasteiger partial charge in [-0.25, -0.2) is 0 Å². The number of benzene rings is 1. The van der Waals surface area contributed by atoms with E-state index < -0.39 is 17.2 Å². The van der Waals surface area contributed by atoms with Gasteiger partial charge < -0.3 is 11.1 Å². The van der Waals surface area contributed by atoms with E-state index in [1.807, 2.05) is 0 Å². The number of alkyl halides is 3. The molecule has 0 radical (unpaired) electrons. The van der Waals surface area contributed by atoms with Crippen LogP contribution in [0.2, 0.25) is 0 Å². The molecule has 0 aromatic heterocycles. The molecule has 1 amide bonds. The van der Waals surface area contributed by atoms with Gasteiger partial charge in [0.25, 0.3) is 0 Å². The van der Waals surface area contributed by atoms with Crippen LogP contribution in [-0.4, -0.2) is 12.5 Å². The number of amides is 1. The van der Waals surface area contributed by atoms with E-state index >= 15 is 0 Å². The van der Waals surface area contributed by atoms with Crippen LogP contribution in [-0.2, 0) is 11.0 Å². The lowest BCUT2D eigenvalue weighted by Crippen LogP contribution is -2.30. The van der Waals surface area contributed by atoms with Crippen molar-refractivity contribution in [2.45, 2.75) is 19.0 Å². The fraction of sp³-hybridized carbons (Fsp3) is 0.417. The fourth-order valence-electron chi connectivity index (χ4n) is 1.76. The number of nitrogens with one attached hydrogen (secondary N) is 1. The van der Waals surface area contributed by atoms with E-state index in [4.69, 9.17) is 5.73 Å². The number of carbonyl (C=O) groups excluding carboxylic acids is 1. The Balaban J connectivity index is 2.20. The van der Waals surface area contributed by atoms with Crippen molar-refractivity contribution in [3.63, 3.8) is 0 Å². The van der Waals surface area contributed by atoms with E-state index in [1.165, 1.54) is 12.1 Å². The fourth-order valence-corrected chi connectivity index (χ4v) is 2.23. The van der Waals surface area contributed by atoms with Crippen molar-refractivity contribution in [2.75, 3.05) is 11.9 Å². The molecule has 7 heteroatoms. The third kappa shape index (κ3) is 2.92. The zero-order valence-electron chi connectivity index (χ0n) is 9.85. The van der Waals surface area contributed by atoms with Crippen LogP contribution < -0.4 is 11.1 Å². The molecule has 0 unspecified atom stereocenters. The summed E-state index contributed by atoms with van der Waals surface area (Å²) in [5.74, 6) is -0.314. The van der Waals surface area contributed by atoms with Gasteiger partial charge in [-0.15, -0.1) is 0 Å². The molecule has 0 saturated heterocycles. The molecule has 0 atom stereocenters. The average molecular weight is 337 g/mol. The molecule has 0 heterocycles. The van der Waals surface area contributed by atoms with Gasteiger partial charge in [0.2, 0.25) is 5.91 Å². The van der Waals surface area contributed by atoms with Gasteiger partial charge >= 0.3 is 6.18 Å². The summed E-state index contributed by atoms with van der Waals surface area (Å²) in [5.41, 5.74) is 4.21. The van der Waals surface area contributed by atoms with Crippen LogP contribution in [0.1, 0.15) is 18.4 Å². The molecule has 1 fully saturated rings. The van der Waals surface area contributed by atoms with Gasteiger partial charge in [0.1, 0.15) is 0 Å². The predicted octanol–water partition coefficient (Wildman–Crippen LogP) is 3.15. The Bertz CT molecular complexity index is 512. The molecule has 0 bridgehead atoms. The minimum Gasteiger partial charge on any atom is -0.329 e. The SMILES string of the molecule is NCC1(C(=O)Nc2ccc(Br)c(C(F)(F)F)c2)CC1. The van der Waals surface area contributed by atoms with E-state index in [1.54, 1.807) is 0 Å². The summed E-state index contributed by atoms with van der Waals surface area (Å²) < 4.78 is 38.1. The van der Waals surface area contributed by atoms with Gasteiger partial charge in [0.05, 0.1) is 11.0 Å². The second-order valence-electron chi connectivity index (χ2n) is 4.63. The van der Waals surface area contributed by atoms with Crippen molar-refractivity contribution in [3.05, 3.63) is 28.2 Å². The molecule has 1 aliphatic carbocycles. The lowest BCUT2D eigenvalue weighted by Gasteiger charge is -2.15. The number of hydrogen-bond donors (Lipinski definition) is 2. The van der Waals surface area contributed by atoms with Crippen LogP contribution in [0, 0.1) is 5.41 Å². The van der Waals surface area contributed by atoms with Crippen LogP contribution in [0.25, 0.3) is 0 Å². The topological polar surface area (TPSA) is 55.1 Å². The van der Waals surface area contributed by atoms with E-state index in [-0.39, 0.29) is 22.6 Å². The molecule has 1 saturated carbocycles. The molecule has 1 aromatic carbocycles. The first-order valence-corrected chi connectivity index (χ1v) is 6.46. The van der Waals surface area contributed by atoms with Crippen LogP contribution in [0.3, 0.4) is 0 Å². The summed E-state index contributed by atoms with van der Waals surface area (Å²) >= 11 is 2.85. The van der Waals surface area contributed by atoms with Crippen molar-refractivity contribution in [3.8, 4) is 0 Å². The Labute approximate surface area is 116 Å². The second-order valence-corrected chi connectivity index (χ2v) is 5.49. The lowest BCUT2D eigenvalue weighted by atomic mass is 10.1. The second kappa shape index (κ2) is 4.79. The molecule has 2 rings (SSSR count). The molecule has 0 spiro atoms. The van der Waals surface area contributed by atoms with Crippen molar-refractivity contribution < 1.29 is 18.0 Å². The van der Waals surface area contributed by atoms with Gasteiger partial charge in [-0.2, -0.15) is 13.2 Å². The van der Waals surface area contributed by atoms with Crippen LogP contribution in [0.15, 0.2) is 22.7 Å². The smallest absolute Gasteiger partial charge is 0.329 e. The van der Waals surface area contributed by atoms with E-state index in [9.17, 15) is 18.0 Å². The highest BCUT2D eigenvalue weighted by Gasteiger charge is 2.48. The Kier molecular flexibility index (Phi) is 3.61. The van der Waals surface area contributed by atoms with Crippen molar-refractivity contribution in [1.29, 1.82) is 0 Å². The Morgan fingerprint density at radius 1 is 1.42 bits per heavy atom. The number of anilines is 1. The first-order valence-electron chi connectivity index (χ1n) is 5.67. The zero-order valence-corrected chi connectivity index (χ0v) is 11.4. The van der Waals surface area contributed by atoms with E-state index in [2.05, 4.69) is 21.2 Å². The molecule has 3 N–H and O–H groups in total. The summed E-state index contributed by atoms with van der Waals surface area (Å²) in [5, 5.41) is 2.50. The highest BCUT2D eigenvalue weighted by molar-refractivity contribution is 9.10. The molecule has 104 valence electrons. The summed E-state index contributed by atoms with van der Waals surface area (Å²) in [6, 6.07) is 3.60. The van der Waals surface area contributed by atoms with E-state index in [0.29, 0.717) is 12.8 Å². The standard InChI is InChI=1S/C12H12BrF3N2O/c13-9-2-1-7(5-8(9)12(14,15)16)18-10(19)11(6-17)3-4-11/h1-2,5H,3-4,6,17H2,(H,18,19). The highest BCUT2D eigenvalue weighted by atomic mass is 79.9. The van der Waals surface area contributed by atoms with Gasteiger partial charge in [0, 0.05) is 16.7 Å². The summed E-state index contributed by atoms with van der Waals surface area (Å²) in [7, 11) is 0. The Morgan fingerprint density at radius 3 is 2.53 bits per heavy atom. The zero-order chi connectivity index (χ0) is 14.3. The maximum Gasteiger partial charge on any atom is 0.417 e. The Hall–Kier alpha value is -1.08. The summed E-state index contributed by atoms with van der Waals surface area (Å²) in [6.45, 7) is 0.210. The van der Waals surface area contributed by atoms with Crippen molar-refractivity contribution in [1.82, 2.24) is 0 Å². The van der Waals surface area contributed by atoms with Crippen molar-refractivity contribution >= 4 is 27.5 Å². The van der Waals surface area contributed by atoms with Gasteiger partial charge in [-0.05, 0) is 31.0 Å². The first-order chi connectivity index (χ1) is 8.78. The van der Waals surface area contributed by atoms with Crippen molar-refractivity contribution in [2.24, 2.45) is 11.1 Å². The van der Waals surface area contributed by atoms with Gasteiger partial charge in [-0.1, -0.05) is 15.9 Å². The number of halogens is 4. The number of rotatable bonds is 3. The minimum atomic E-state index is -4.47. The van der Waals surface area contributed by atoms with Crippen LogP contribution in [0.4, 0.5) is 18.9 Å². The monoisotopic (exact) mass is 336 g/mol.